The Hall–Kier alpha value is -2.27. The Bertz CT molecular complexity index is 585. The first-order valence-electron chi connectivity index (χ1n) is 6.25. The van der Waals surface area contributed by atoms with Crippen LogP contribution in [-0.4, -0.2) is 16.1 Å². The zero-order valence-corrected chi connectivity index (χ0v) is 10.8. The third-order valence-electron chi connectivity index (χ3n) is 2.75. The first-order valence-corrected chi connectivity index (χ1v) is 6.25. The third-order valence-corrected chi connectivity index (χ3v) is 2.75. The second-order valence-electron chi connectivity index (χ2n) is 4.42. The monoisotopic (exact) mass is 274 g/mol. The van der Waals surface area contributed by atoms with Gasteiger partial charge in [-0.2, -0.15) is 0 Å². The van der Waals surface area contributed by atoms with Crippen molar-refractivity contribution in [3.63, 3.8) is 0 Å². The summed E-state index contributed by atoms with van der Waals surface area (Å²) in [5, 5.41) is 11.9. The molecule has 0 aliphatic carbocycles. The molecular weight excluding hydrogens is 259 g/mol. The number of carboxylic acids is 1. The zero-order chi connectivity index (χ0) is 14.4. The summed E-state index contributed by atoms with van der Waals surface area (Å²) in [5.41, 5.74) is 2.30. The molecule has 20 heavy (non-hydrogen) atoms. The average molecular weight is 274 g/mol. The van der Waals surface area contributed by atoms with Crippen molar-refractivity contribution in [3.8, 4) is 0 Å². The average Bonchev–Trinajstić information content (AvgIpc) is 2.41. The van der Waals surface area contributed by atoms with Gasteiger partial charge in [0.1, 0.15) is 5.82 Å². The molecule has 4 nitrogen and oxygen atoms in total. The Balaban J connectivity index is 1.87. The molecule has 5 heteroatoms. The van der Waals surface area contributed by atoms with Crippen molar-refractivity contribution in [2.24, 2.45) is 0 Å². The normalized spacial score (nSPS) is 10.4. The summed E-state index contributed by atoms with van der Waals surface area (Å²) >= 11 is 0. The van der Waals surface area contributed by atoms with E-state index in [0.717, 1.165) is 11.3 Å². The fourth-order valence-electron chi connectivity index (χ4n) is 1.82. The van der Waals surface area contributed by atoms with Gasteiger partial charge in [-0.1, -0.05) is 18.2 Å². The van der Waals surface area contributed by atoms with E-state index in [2.05, 4.69) is 10.3 Å². The molecule has 0 saturated heterocycles. The summed E-state index contributed by atoms with van der Waals surface area (Å²) in [7, 11) is 0. The molecule has 0 fully saturated rings. The van der Waals surface area contributed by atoms with Crippen molar-refractivity contribution in [3.05, 3.63) is 65.2 Å². The predicted octanol–water partition coefficient (Wildman–Crippen LogP) is 2.14. The van der Waals surface area contributed by atoms with Crippen LogP contribution in [0.25, 0.3) is 0 Å². The van der Waals surface area contributed by atoms with Crippen LogP contribution >= 0.6 is 0 Å². The standard InChI is InChI=1S/C15H15FN2O2/c16-12-6-4-11(5-7-12)9-17-10-14-3-1-2-13(18-14)8-15(19)20/h1-7,17H,8-10H2,(H,19,20). The van der Waals surface area contributed by atoms with E-state index >= 15 is 0 Å². The van der Waals surface area contributed by atoms with Gasteiger partial charge in [0.2, 0.25) is 0 Å². The lowest BCUT2D eigenvalue weighted by atomic mass is 10.2. The highest BCUT2D eigenvalue weighted by Crippen LogP contribution is 2.04. The fourth-order valence-corrected chi connectivity index (χ4v) is 1.82. The zero-order valence-electron chi connectivity index (χ0n) is 10.8. The molecule has 0 unspecified atom stereocenters. The number of rotatable bonds is 6. The smallest absolute Gasteiger partial charge is 0.309 e. The van der Waals surface area contributed by atoms with E-state index in [4.69, 9.17) is 5.11 Å². The van der Waals surface area contributed by atoms with Gasteiger partial charge in [0.15, 0.2) is 0 Å². The molecule has 104 valence electrons. The number of hydrogen-bond donors (Lipinski definition) is 2. The van der Waals surface area contributed by atoms with Gasteiger partial charge in [0, 0.05) is 13.1 Å². The molecule has 2 N–H and O–H groups in total. The second-order valence-corrected chi connectivity index (χ2v) is 4.42. The Morgan fingerprint density at radius 3 is 2.50 bits per heavy atom. The number of aliphatic carboxylic acids is 1. The van der Waals surface area contributed by atoms with Crippen LogP contribution in [0.3, 0.4) is 0 Å². The molecule has 0 saturated carbocycles. The molecule has 0 amide bonds. The van der Waals surface area contributed by atoms with E-state index < -0.39 is 5.97 Å². The molecule has 0 atom stereocenters. The Kier molecular flexibility index (Phi) is 4.79. The van der Waals surface area contributed by atoms with Gasteiger partial charge in [-0.05, 0) is 29.8 Å². The Morgan fingerprint density at radius 1 is 1.10 bits per heavy atom. The largest absolute Gasteiger partial charge is 0.481 e. The molecule has 0 radical (unpaired) electrons. The number of carboxylic acid groups (broad SMARTS) is 1. The van der Waals surface area contributed by atoms with Crippen molar-refractivity contribution in [2.75, 3.05) is 0 Å². The summed E-state index contributed by atoms with van der Waals surface area (Å²) in [4.78, 5) is 14.9. The minimum atomic E-state index is -0.895. The number of aromatic nitrogens is 1. The molecule has 2 rings (SSSR count). The molecule has 0 spiro atoms. The van der Waals surface area contributed by atoms with Gasteiger partial charge in [-0.15, -0.1) is 0 Å². The maximum Gasteiger partial charge on any atom is 0.309 e. The number of benzene rings is 1. The highest BCUT2D eigenvalue weighted by molar-refractivity contribution is 5.69. The van der Waals surface area contributed by atoms with E-state index in [0.29, 0.717) is 18.8 Å². The van der Waals surface area contributed by atoms with Crippen LogP contribution in [0.2, 0.25) is 0 Å². The number of carbonyl (C=O) groups is 1. The molecule has 0 aliphatic rings. The van der Waals surface area contributed by atoms with Gasteiger partial charge >= 0.3 is 5.97 Å². The molecular formula is C15H15FN2O2. The van der Waals surface area contributed by atoms with Crippen LogP contribution in [-0.2, 0) is 24.3 Å². The number of pyridine rings is 1. The van der Waals surface area contributed by atoms with Gasteiger partial charge < -0.3 is 10.4 Å². The number of nitrogens with one attached hydrogen (secondary N) is 1. The third kappa shape index (κ3) is 4.44. The van der Waals surface area contributed by atoms with Gasteiger partial charge in [-0.3, -0.25) is 9.78 Å². The van der Waals surface area contributed by atoms with Crippen LogP contribution in [0.15, 0.2) is 42.5 Å². The van der Waals surface area contributed by atoms with Gasteiger partial charge in [0.25, 0.3) is 0 Å². The van der Waals surface area contributed by atoms with Crippen LogP contribution in [0, 0.1) is 5.82 Å². The van der Waals surface area contributed by atoms with Crippen molar-refractivity contribution in [1.82, 2.24) is 10.3 Å². The molecule has 0 bridgehead atoms. The lowest BCUT2D eigenvalue weighted by Crippen LogP contribution is -2.14. The topological polar surface area (TPSA) is 62.2 Å². The maximum atomic E-state index is 12.7. The van der Waals surface area contributed by atoms with Crippen molar-refractivity contribution < 1.29 is 14.3 Å². The van der Waals surface area contributed by atoms with Crippen molar-refractivity contribution in [1.29, 1.82) is 0 Å². The molecule has 1 heterocycles. The van der Waals surface area contributed by atoms with Crippen LogP contribution < -0.4 is 5.32 Å². The SMILES string of the molecule is O=C(O)Cc1cccc(CNCc2ccc(F)cc2)n1. The van der Waals surface area contributed by atoms with E-state index in [9.17, 15) is 9.18 Å². The lowest BCUT2D eigenvalue weighted by molar-refractivity contribution is -0.136. The lowest BCUT2D eigenvalue weighted by Gasteiger charge is -2.06. The van der Waals surface area contributed by atoms with Crippen molar-refractivity contribution >= 4 is 5.97 Å². The predicted molar refractivity (Wildman–Crippen MR) is 72.5 cm³/mol. The first-order chi connectivity index (χ1) is 9.63. The molecule has 1 aromatic carbocycles. The van der Waals surface area contributed by atoms with Crippen LogP contribution in [0.4, 0.5) is 4.39 Å². The highest BCUT2D eigenvalue weighted by atomic mass is 19.1. The minimum absolute atomic E-state index is 0.0776. The van der Waals surface area contributed by atoms with Crippen LogP contribution in [0.5, 0.6) is 0 Å². The first kappa shape index (κ1) is 14.1. The van der Waals surface area contributed by atoms with Gasteiger partial charge in [0.05, 0.1) is 17.8 Å². The summed E-state index contributed by atoms with van der Waals surface area (Å²) < 4.78 is 12.7. The molecule has 0 aliphatic heterocycles. The highest BCUT2D eigenvalue weighted by Gasteiger charge is 2.03. The van der Waals surface area contributed by atoms with Crippen molar-refractivity contribution in [2.45, 2.75) is 19.5 Å². The van der Waals surface area contributed by atoms with Crippen LogP contribution in [0.1, 0.15) is 17.0 Å². The van der Waals surface area contributed by atoms with E-state index in [-0.39, 0.29) is 12.2 Å². The number of halogens is 1. The Labute approximate surface area is 116 Å². The summed E-state index contributed by atoms with van der Waals surface area (Å²) in [6, 6.07) is 11.6. The van der Waals surface area contributed by atoms with E-state index in [1.165, 1.54) is 12.1 Å². The second kappa shape index (κ2) is 6.77. The minimum Gasteiger partial charge on any atom is -0.481 e. The number of nitrogens with zero attached hydrogens (tertiary/aromatic N) is 1. The quantitative estimate of drug-likeness (QED) is 0.847. The van der Waals surface area contributed by atoms with Gasteiger partial charge in [-0.25, -0.2) is 4.39 Å². The van der Waals surface area contributed by atoms with E-state index in [1.54, 1.807) is 24.3 Å². The summed E-state index contributed by atoms with van der Waals surface area (Å²) in [6.45, 7) is 1.13. The fraction of sp³-hybridized carbons (Fsp3) is 0.200. The Morgan fingerprint density at radius 2 is 1.80 bits per heavy atom. The molecule has 2 aromatic rings. The maximum absolute atomic E-state index is 12.7. The van der Waals surface area contributed by atoms with E-state index in [1.807, 2.05) is 6.07 Å². The molecule has 1 aromatic heterocycles. The summed E-state index contributed by atoms with van der Waals surface area (Å²) in [5.74, 6) is -1.15. The summed E-state index contributed by atoms with van der Waals surface area (Å²) in [6.07, 6.45) is -0.0776. The number of hydrogen-bond acceptors (Lipinski definition) is 3.